The zero-order valence-corrected chi connectivity index (χ0v) is 16.8. The molecule has 0 fully saturated rings. The van der Waals surface area contributed by atoms with E-state index in [1.807, 2.05) is 24.5 Å². The van der Waals surface area contributed by atoms with Crippen LogP contribution in [-0.4, -0.2) is 21.6 Å². The maximum Gasteiger partial charge on any atom is 0.277 e. The number of nitrogens with one attached hydrogen (secondary N) is 1. The minimum Gasteiger partial charge on any atom is -0.481 e. The smallest absolute Gasteiger partial charge is 0.277 e. The van der Waals surface area contributed by atoms with Crippen molar-refractivity contribution in [2.45, 2.75) is 39.7 Å². The largest absolute Gasteiger partial charge is 0.481 e. The Kier molecular flexibility index (Phi) is 5.05. The molecule has 0 saturated heterocycles. The molecular weight excluding hydrogens is 371 g/mol. The average molecular weight is 394 g/mol. The Morgan fingerprint density at radius 3 is 2.66 bits per heavy atom. The number of methoxy groups -OCH3 is 1. The molecule has 0 bridgehead atoms. The van der Waals surface area contributed by atoms with E-state index in [1.54, 1.807) is 19.2 Å². The molecule has 2 heterocycles. The lowest BCUT2D eigenvalue weighted by Crippen LogP contribution is -2.23. The number of anilines is 2. The first-order chi connectivity index (χ1) is 14.0. The maximum atomic E-state index is 13.3. The second-order valence-electron chi connectivity index (χ2n) is 7.30. The Morgan fingerprint density at radius 2 is 1.93 bits per heavy atom. The maximum absolute atomic E-state index is 13.3. The molecule has 1 N–H and O–H groups in total. The van der Waals surface area contributed by atoms with E-state index in [0.717, 1.165) is 53.0 Å². The van der Waals surface area contributed by atoms with Crippen LogP contribution in [0.15, 0.2) is 35.1 Å². The Morgan fingerprint density at radius 1 is 1.17 bits per heavy atom. The van der Waals surface area contributed by atoms with Crippen molar-refractivity contribution in [1.82, 2.24) is 14.5 Å². The number of hydrogen-bond acceptors (Lipinski definition) is 5. The van der Waals surface area contributed by atoms with E-state index in [0.29, 0.717) is 18.4 Å². The van der Waals surface area contributed by atoms with E-state index in [9.17, 15) is 9.18 Å². The van der Waals surface area contributed by atoms with Gasteiger partial charge in [0.05, 0.1) is 25.0 Å². The van der Waals surface area contributed by atoms with Gasteiger partial charge in [-0.2, -0.15) is 4.98 Å². The number of fused-ring (bicyclic) bond motifs is 1. The highest BCUT2D eigenvalue weighted by atomic mass is 19.1. The first-order valence-electron chi connectivity index (χ1n) is 9.62. The van der Waals surface area contributed by atoms with E-state index in [1.165, 1.54) is 12.1 Å². The summed E-state index contributed by atoms with van der Waals surface area (Å²) in [4.78, 5) is 21.4. The van der Waals surface area contributed by atoms with Gasteiger partial charge in [0.2, 0.25) is 11.8 Å². The van der Waals surface area contributed by atoms with Crippen molar-refractivity contribution in [1.29, 1.82) is 0 Å². The van der Waals surface area contributed by atoms with Crippen molar-refractivity contribution in [2.75, 3.05) is 12.4 Å². The van der Waals surface area contributed by atoms with E-state index >= 15 is 0 Å². The molecule has 6 nitrogen and oxygen atoms in total. The van der Waals surface area contributed by atoms with Crippen LogP contribution in [0.2, 0.25) is 0 Å². The number of nitrogens with zero attached hydrogens (tertiary/aromatic N) is 3. The Balaban J connectivity index is 1.79. The lowest BCUT2D eigenvalue weighted by molar-refractivity contribution is 0.394. The van der Waals surface area contributed by atoms with Gasteiger partial charge in [-0.25, -0.2) is 9.37 Å². The van der Waals surface area contributed by atoms with E-state index < -0.39 is 0 Å². The number of pyridine rings is 1. The first-order valence-corrected chi connectivity index (χ1v) is 9.62. The molecule has 0 radical (unpaired) electrons. The standard InChI is InChI=1S/C22H23FN4O2/c1-13-11-18(14(2)24-21(13)29-3)25-22-26-20(28)17-5-4-6-19(17)27(22)12-15-7-9-16(23)10-8-15/h7-11H,4-6,12H2,1-3H3,(H,25,26,28). The molecule has 1 aliphatic carbocycles. The Hall–Kier alpha value is -3.22. The van der Waals surface area contributed by atoms with Crippen molar-refractivity contribution in [2.24, 2.45) is 0 Å². The summed E-state index contributed by atoms with van der Waals surface area (Å²) in [6, 6.07) is 8.33. The lowest BCUT2D eigenvalue weighted by atomic mass is 10.2. The van der Waals surface area contributed by atoms with Crippen LogP contribution in [0.25, 0.3) is 0 Å². The number of ether oxygens (including phenoxy) is 1. The molecule has 0 amide bonds. The topological polar surface area (TPSA) is 69.0 Å². The molecule has 0 spiro atoms. The van der Waals surface area contributed by atoms with Gasteiger partial charge in [-0.3, -0.25) is 4.79 Å². The van der Waals surface area contributed by atoms with Gasteiger partial charge in [-0.05, 0) is 56.9 Å². The van der Waals surface area contributed by atoms with E-state index in [2.05, 4.69) is 15.3 Å². The van der Waals surface area contributed by atoms with Crippen LogP contribution in [-0.2, 0) is 19.4 Å². The normalized spacial score (nSPS) is 12.7. The van der Waals surface area contributed by atoms with Crippen LogP contribution in [0.3, 0.4) is 0 Å². The van der Waals surface area contributed by atoms with E-state index in [-0.39, 0.29) is 11.4 Å². The minimum absolute atomic E-state index is 0.189. The van der Waals surface area contributed by atoms with Gasteiger partial charge < -0.3 is 14.6 Å². The fraction of sp³-hybridized carbons (Fsp3) is 0.318. The second kappa shape index (κ2) is 7.66. The molecule has 2 aromatic heterocycles. The summed E-state index contributed by atoms with van der Waals surface area (Å²) in [5, 5.41) is 3.29. The van der Waals surface area contributed by atoms with Crippen molar-refractivity contribution in [3.8, 4) is 5.88 Å². The molecule has 1 aromatic carbocycles. The minimum atomic E-state index is -0.272. The summed E-state index contributed by atoms with van der Waals surface area (Å²) in [6.07, 6.45) is 2.50. The van der Waals surface area contributed by atoms with Crippen molar-refractivity contribution in [3.63, 3.8) is 0 Å². The van der Waals surface area contributed by atoms with Crippen LogP contribution in [0.4, 0.5) is 16.0 Å². The number of hydrogen-bond donors (Lipinski definition) is 1. The third kappa shape index (κ3) is 3.72. The van der Waals surface area contributed by atoms with Gasteiger partial charge >= 0.3 is 0 Å². The predicted octanol–water partition coefficient (Wildman–Crippen LogP) is 3.68. The SMILES string of the molecule is COc1nc(C)c(Nc2nc(=O)c3c(n2Cc2ccc(F)cc2)CCC3)cc1C. The van der Waals surface area contributed by atoms with Crippen LogP contribution in [0.5, 0.6) is 5.88 Å². The number of aryl methyl sites for hydroxylation is 2. The zero-order valence-electron chi connectivity index (χ0n) is 16.8. The summed E-state index contributed by atoms with van der Waals surface area (Å²) < 4.78 is 20.6. The van der Waals surface area contributed by atoms with Crippen LogP contribution in [0.1, 0.15) is 34.5 Å². The van der Waals surface area contributed by atoms with Gasteiger partial charge in [-0.15, -0.1) is 0 Å². The molecule has 150 valence electrons. The number of benzene rings is 1. The highest BCUT2D eigenvalue weighted by Crippen LogP contribution is 2.27. The van der Waals surface area contributed by atoms with Crippen molar-refractivity contribution >= 4 is 11.6 Å². The average Bonchev–Trinajstić information content (AvgIpc) is 3.19. The first kappa shape index (κ1) is 19.1. The van der Waals surface area contributed by atoms with Gasteiger partial charge in [0.1, 0.15) is 5.82 Å². The Labute approximate surface area is 168 Å². The molecule has 0 saturated carbocycles. The lowest BCUT2D eigenvalue weighted by Gasteiger charge is -2.19. The molecule has 4 rings (SSSR count). The highest BCUT2D eigenvalue weighted by Gasteiger charge is 2.22. The molecule has 7 heteroatoms. The van der Waals surface area contributed by atoms with Gasteiger partial charge in [0, 0.05) is 16.8 Å². The summed E-state index contributed by atoms with van der Waals surface area (Å²) in [7, 11) is 1.59. The zero-order chi connectivity index (χ0) is 20.5. The van der Waals surface area contributed by atoms with Crippen molar-refractivity contribution < 1.29 is 9.13 Å². The second-order valence-corrected chi connectivity index (χ2v) is 7.30. The molecule has 29 heavy (non-hydrogen) atoms. The molecule has 1 aliphatic rings. The fourth-order valence-electron chi connectivity index (χ4n) is 3.78. The third-order valence-electron chi connectivity index (χ3n) is 5.29. The van der Waals surface area contributed by atoms with Crippen LogP contribution < -0.4 is 15.6 Å². The predicted molar refractivity (Wildman–Crippen MR) is 110 cm³/mol. The van der Waals surface area contributed by atoms with Crippen LogP contribution >= 0.6 is 0 Å². The summed E-state index contributed by atoms with van der Waals surface area (Å²) in [5.74, 6) is 0.763. The summed E-state index contributed by atoms with van der Waals surface area (Å²) in [5.41, 5.74) is 4.91. The molecule has 3 aromatic rings. The number of rotatable bonds is 5. The number of aromatic nitrogens is 3. The fourth-order valence-corrected chi connectivity index (χ4v) is 3.78. The van der Waals surface area contributed by atoms with Crippen LogP contribution in [0, 0.1) is 19.7 Å². The van der Waals surface area contributed by atoms with Crippen molar-refractivity contribution in [3.05, 3.63) is 74.6 Å². The number of halogens is 1. The van der Waals surface area contributed by atoms with E-state index in [4.69, 9.17) is 4.74 Å². The molecule has 0 atom stereocenters. The quantitative estimate of drug-likeness (QED) is 0.715. The third-order valence-corrected chi connectivity index (χ3v) is 5.29. The van der Waals surface area contributed by atoms with Gasteiger partial charge in [0.25, 0.3) is 5.56 Å². The monoisotopic (exact) mass is 394 g/mol. The Bertz CT molecular complexity index is 1120. The molecular formula is C22H23FN4O2. The summed E-state index contributed by atoms with van der Waals surface area (Å²) in [6.45, 7) is 4.29. The highest BCUT2D eigenvalue weighted by molar-refractivity contribution is 5.59. The van der Waals surface area contributed by atoms with Gasteiger partial charge in [0.15, 0.2) is 0 Å². The van der Waals surface area contributed by atoms with Gasteiger partial charge in [-0.1, -0.05) is 12.1 Å². The molecule has 0 aliphatic heterocycles. The molecule has 0 unspecified atom stereocenters. The summed E-state index contributed by atoms with van der Waals surface area (Å²) >= 11 is 0.